The van der Waals surface area contributed by atoms with Crippen LogP contribution in [-0.2, 0) is 14.3 Å². The Balaban J connectivity index is 1.72. The van der Waals surface area contributed by atoms with E-state index in [1.54, 1.807) is 6.08 Å². The van der Waals surface area contributed by atoms with Crippen LogP contribution in [0.25, 0.3) is 0 Å². The highest BCUT2D eigenvalue weighted by atomic mass is 16.6. The van der Waals surface area contributed by atoms with Gasteiger partial charge in [0, 0.05) is 48.3 Å². The van der Waals surface area contributed by atoms with Gasteiger partial charge in [0.1, 0.15) is 11.4 Å². The first-order valence-corrected chi connectivity index (χ1v) is 13.4. The van der Waals surface area contributed by atoms with Gasteiger partial charge in [-0.2, -0.15) is 0 Å². The molecule has 3 saturated carbocycles. The number of nitrogens with zero attached hydrogens (tertiary/aromatic N) is 1. The molecule has 35 heavy (non-hydrogen) atoms. The zero-order chi connectivity index (χ0) is 26.0. The maximum atomic E-state index is 13.5. The number of nitrogens with one attached hydrogen (secondary N) is 1. The van der Waals surface area contributed by atoms with Crippen molar-refractivity contribution in [3.05, 3.63) is 12.7 Å². The molecular formula is C28H46N2O5. The lowest BCUT2D eigenvalue weighted by Crippen LogP contribution is -2.69. The van der Waals surface area contributed by atoms with E-state index in [2.05, 4.69) is 37.6 Å². The summed E-state index contributed by atoms with van der Waals surface area (Å²) in [5.41, 5.74) is -3.27. The van der Waals surface area contributed by atoms with Crippen molar-refractivity contribution in [1.82, 2.24) is 10.2 Å². The van der Waals surface area contributed by atoms with Gasteiger partial charge in [-0.3, -0.25) is 14.5 Å². The summed E-state index contributed by atoms with van der Waals surface area (Å²) >= 11 is 0. The molecule has 3 N–H and O–H groups in total. The van der Waals surface area contributed by atoms with Crippen LogP contribution in [0.1, 0.15) is 73.6 Å². The van der Waals surface area contributed by atoms with Gasteiger partial charge in [0.2, 0.25) is 0 Å². The molecule has 0 amide bonds. The molecule has 7 nitrogen and oxygen atoms in total. The van der Waals surface area contributed by atoms with E-state index in [9.17, 15) is 19.8 Å². The predicted molar refractivity (Wildman–Crippen MR) is 135 cm³/mol. The highest BCUT2D eigenvalue weighted by Crippen LogP contribution is 2.69. The monoisotopic (exact) mass is 490 g/mol. The van der Waals surface area contributed by atoms with Crippen LogP contribution in [0.3, 0.4) is 0 Å². The highest BCUT2D eigenvalue weighted by Gasteiger charge is 2.72. The average Bonchev–Trinajstić information content (AvgIpc) is 3.14. The van der Waals surface area contributed by atoms with Crippen molar-refractivity contribution in [3.63, 3.8) is 0 Å². The van der Waals surface area contributed by atoms with Crippen LogP contribution in [-0.4, -0.2) is 76.4 Å². The minimum atomic E-state index is -1.00. The summed E-state index contributed by atoms with van der Waals surface area (Å²) in [5.74, 6) is -0.796. The molecule has 8 unspecified atom stereocenters. The van der Waals surface area contributed by atoms with E-state index in [0.717, 1.165) is 19.6 Å². The Bertz CT molecular complexity index is 891. The third-order valence-corrected chi connectivity index (χ3v) is 11.0. The lowest BCUT2D eigenvalue weighted by Gasteiger charge is -2.64. The Morgan fingerprint density at radius 1 is 1.20 bits per heavy atom. The molecule has 0 aromatic carbocycles. The van der Waals surface area contributed by atoms with Gasteiger partial charge in [-0.1, -0.05) is 26.8 Å². The van der Waals surface area contributed by atoms with E-state index in [1.807, 2.05) is 20.8 Å². The van der Waals surface area contributed by atoms with E-state index in [0.29, 0.717) is 25.7 Å². The predicted octanol–water partition coefficient (Wildman–Crippen LogP) is 2.69. The van der Waals surface area contributed by atoms with E-state index < -0.39 is 40.0 Å². The minimum absolute atomic E-state index is 0.123. The number of aliphatic hydroxyl groups excluding tert-OH is 2. The topological polar surface area (TPSA) is 99.1 Å². The summed E-state index contributed by atoms with van der Waals surface area (Å²) in [6.07, 6.45) is 2.73. The van der Waals surface area contributed by atoms with Crippen LogP contribution in [0.15, 0.2) is 12.7 Å². The van der Waals surface area contributed by atoms with Crippen molar-refractivity contribution in [2.75, 3.05) is 26.2 Å². The van der Waals surface area contributed by atoms with Gasteiger partial charge in [0.15, 0.2) is 0 Å². The number of Topliss-reactive ketones (excluding diaryl/α,β-unsaturated/α-hetero) is 1. The van der Waals surface area contributed by atoms with Gasteiger partial charge >= 0.3 is 5.97 Å². The van der Waals surface area contributed by atoms with Crippen LogP contribution in [0, 0.1) is 28.1 Å². The third kappa shape index (κ3) is 3.84. The molecule has 4 aliphatic rings. The van der Waals surface area contributed by atoms with Crippen LogP contribution in [0.4, 0.5) is 0 Å². The molecule has 3 aliphatic carbocycles. The van der Waals surface area contributed by atoms with Crippen LogP contribution in [0.2, 0.25) is 0 Å². The first-order chi connectivity index (χ1) is 16.2. The lowest BCUT2D eigenvalue weighted by molar-refractivity contribution is -0.253. The van der Waals surface area contributed by atoms with Gasteiger partial charge in [-0.15, -0.1) is 6.58 Å². The second-order valence-electron chi connectivity index (χ2n) is 13.2. The number of ketones is 1. The number of carbonyl (C=O) groups is 2. The van der Waals surface area contributed by atoms with Crippen LogP contribution < -0.4 is 5.32 Å². The van der Waals surface area contributed by atoms with Crippen molar-refractivity contribution in [2.24, 2.45) is 28.1 Å². The largest absolute Gasteiger partial charge is 0.458 e. The maximum absolute atomic E-state index is 13.5. The molecule has 0 aromatic rings. The molecule has 0 radical (unpaired) electrons. The molecule has 1 aliphatic heterocycles. The quantitative estimate of drug-likeness (QED) is 0.412. The molecule has 2 bridgehead atoms. The van der Waals surface area contributed by atoms with Gasteiger partial charge in [0.05, 0.1) is 18.8 Å². The standard InChI is InChI=1S/C28H46N2O5/c1-8-25(5)15-20(32)27(7)22-19(31)9-10-28(22,18(2)23(25)34)12-11-26(27,6)35-21(33)16-30-14-13-29-17-24(30,3)4/h8,18,20,22-23,29,32,34H,1,9-17H2,2-7H3. The number of aliphatic hydroxyl groups is 2. The van der Waals surface area contributed by atoms with Gasteiger partial charge < -0.3 is 20.3 Å². The zero-order valence-corrected chi connectivity index (χ0v) is 22.5. The molecule has 8 atom stereocenters. The first kappa shape index (κ1) is 26.8. The summed E-state index contributed by atoms with van der Waals surface area (Å²) in [5, 5.41) is 26.7. The molecule has 4 fully saturated rings. The number of hydrogen-bond donors (Lipinski definition) is 3. The van der Waals surface area contributed by atoms with E-state index in [4.69, 9.17) is 4.74 Å². The Hall–Kier alpha value is -1.28. The molecule has 198 valence electrons. The number of carbonyl (C=O) groups excluding carboxylic acids is 2. The van der Waals surface area contributed by atoms with Gasteiger partial charge in [-0.05, 0) is 57.8 Å². The molecule has 4 rings (SSSR count). The first-order valence-electron chi connectivity index (χ1n) is 13.4. The van der Waals surface area contributed by atoms with E-state index in [1.165, 1.54) is 0 Å². The minimum Gasteiger partial charge on any atom is -0.458 e. The SMILES string of the molecule is C=CC1(C)CC(O)C2(C)C3C(=O)CCC3(CCC2(C)OC(=O)CN2CCNCC2(C)C)C(C)C1O. The Labute approximate surface area is 210 Å². The molecule has 7 heteroatoms. The van der Waals surface area contributed by atoms with Crippen LogP contribution >= 0.6 is 0 Å². The number of esters is 1. The number of hydrogen-bond acceptors (Lipinski definition) is 7. The normalized spacial score (nSPS) is 47.9. The van der Waals surface area contributed by atoms with Gasteiger partial charge in [0.25, 0.3) is 0 Å². The fourth-order valence-electron chi connectivity index (χ4n) is 8.23. The van der Waals surface area contributed by atoms with Crippen molar-refractivity contribution in [2.45, 2.75) is 97.0 Å². The smallest absolute Gasteiger partial charge is 0.320 e. The summed E-state index contributed by atoms with van der Waals surface area (Å²) in [7, 11) is 0. The number of ether oxygens (including phenoxy) is 1. The van der Waals surface area contributed by atoms with Crippen molar-refractivity contribution < 1.29 is 24.5 Å². The number of piperazine rings is 1. The third-order valence-electron chi connectivity index (χ3n) is 11.0. The second kappa shape index (κ2) is 8.64. The second-order valence-corrected chi connectivity index (χ2v) is 13.2. The highest BCUT2D eigenvalue weighted by molar-refractivity contribution is 5.86. The average molecular weight is 491 g/mol. The fourth-order valence-corrected chi connectivity index (χ4v) is 8.23. The Morgan fingerprint density at radius 3 is 2.51 bits per heavy atom. The molecule has 1 saturated heterocycles. The van der Waals surface area contributed by atoms with Gasteiger partial charge in [-0.25, -0.2) is 0 Å². The van der Waals surface area contributed by atoms with Crippen molar-refractivity contribution in [3.8, 4) is 0 Å². The number of rotatable bonds is 4. The molecule has 0 aromatic heterocycles. The lowest BCUT2D eigenvalue weighted by atomic mass is 9.42. The molecule has 1 heterocycles. The van der Waals surface area contributed by atoms with Crippen molar-refractivity contribution in [1.29, 1.82) is 0 Å². The van der Waals surface area contributed by atoms with Crippen LogP contribution in [0.5, 0.6) is 0 Å². The molecule has 0 spiro atoms. The zero-order valence-electron chi connectivity index (χ0n) is 22.5. The summed E-state index contributed by atoms with van der Waals surface area (Å²) in [6.45, 7) is 18.6. The van der Waals surface area contributed by atoms with Crippen molar-refractivity contribution >= 4 is 11.8 Å². The molecular weight excluding hydrogens is 444 g/mol. The summed E-state index contributed by atoms with van der Waals surface area (Å²) in [4.78, 5) is 29.1. The Kier molecular flexibility index (Phi) is 6.61. The van der Waals surface area contributed by atoms with E-state index >= 15 is 0 Å². The summed E-state index contributed by atoms with van der Waals surface area (Å²) < 4.78 is 6.35. The summed E-state index contributed by atoms with van der Waals surface area (Å²) in [6, 6.07) is 0. The fraction of sp³-hybridized carbons (Fsp3) is 0.857. The Morgan fingerprint density at radius 2 is 1.89 bits per heavy atom. The maximum Gasteiger partial charge on any atom is 0.320 e. The van der Waals surface area contributed by atoms with E-state index in [-0.39, 0.29) is 36.2 Å².